The second-order valence-corrected chi connectivity index (χ2v) is 5.62. The number of rotatable bonds is 7. The highest BCUT2D eigenvalue weighted by atomic mass is 32.2. The normalized spacial score (nSPS) is 12.0. The van der Waals surface area contributed by atoms with Crippen molar-refractivity contribution in [3.63, 3.8) is 0 Å². The predicted octanol–water partition coefficient (Wildman–Crippen LogP) is 3.87. The van der Waals surface area contributed by atoms with Crippen LogP contribution in [0.1, 0.15) is 12.5 Å². The third-order valence-electron chi connectivity index (χ3n) is 2.99. The summed E-state index contributed by atoms with van der Waals surface area (Å²) in [5, 5.41) is 9.21. The van der Waals surface area contributed by atoms with Crippen molar-refractivity contribution in [2.24, 2.45) is 0 Å². The fourth-order valence-electron chi connectivity index (χ4n) is 2.01. The van der Waals surface area contributed by atoms with Crippen molar-refractivity contribution < 1.29 is 14.6 Å². The summed E-state index contributed by atoms with van der Waals surface area (Å²) < 4.78 is 5.30. The molecular formula is C17H18O3S. The Morgan fingerprint density at radius 2 is 1.81 bits per heavy atom. The van der Waals surface area contributed by atoms with Crippen LogP contribution in [0.2, 0.25) is 0 Å². The van der Waals surface area contributed by atoms with Gasteiger partial charge in [0.15, 0.2) is 6.10 Å². The molecule has 0 heterocycles. The van der Waals surface area contributed by atoms with Crippen LogP contribution in [0.3, 0.4) is 0 Å². The van der Waals surface area contributed by atoms with Gasteiger partial charge in [0.25, 0.3) is 0 Å². The summed E-state index contributed by atoms with van der Waals surface area (Å²) in [6, 6.07) is 17.9. The molecule has 2 aromatic carbocycles. The molecule has 1 unspecified atom stereocenters. The third-order valence-corrected chi connectivity index (χ3v) is 4.12. The minimum absolute atomic E-state index is 0.374. The number of ether oxygens (including phenoxy) is 1. The summed E-state index contributed by atoms with van der Waals surface area (Å²) in [4.78, 5) is 13.4. The molecule has 0 radical (unpaired) electrons. The monoisotopic (exact) mass is 302 g/mol. The maximum absolute atomic E-state index is 11.2. The molecular weight excluding hydrogens is 284 g/mol. The van der Waals surface area contributed by atoms with E-state index in [4.69, 9.17) is 4.74 Å². The van der Waals surface area contributed by atoms with Gasteiger partial charge in [0.2, 0.25) is 0 Å². The molecule has 1 N–H and O–H groups in total. The summed E-state index contributed by atoms with van der Waals surface area (Å²) >= 11 is 1.64. The van der Waals surface area contributed by atoms with E-state index in [1.54, 1.807) is 18.7 Å². The van der Waals surface area contributed by atoms with Crippen LogP contribution in [0.4, 0.5) is 0 Å². The Hall–Kier alpha value is -1.78. The first-order valence-electron chi connectivity index (χ1n) is 6.86. The highest BCUT2D eigenvalue weighted by molar-refractivity contribution is 7.99. The van der Waals surface area contributed by atoms with Crippen molar-refractivity contribution in [3.8, 4) is 0 Å². The molecule has 0 bridgehead atoms. The van der Waals surface area contributed by atoms with Crippen molar-refractivity contribution in [1.29, 1.82) is 0 Å². The van der Waals surface area contributed by atoms with Crippen molar-refractivity contribution in [2.45, 2.75) is 29.2 Å². The number of carboxylic acid groups (broad SMARTS) is 1. The Kier molecular flexibility index (Phi) is 5.84. The molecule has 0 spiro atoms. The molecule has 0 aliphatic carbocycles. The maximum Gasteiger partial charge on any atom is 0.333 e. The molecule has 21 heavy (non-hydrogen) atoms. The number of carbonyl (C=O) groups is 1. The molecule has 0 fully saturated rings. The van der Waals surface area contributed by atoms with Gasteiger partial charge in [-0.05, 0) is 30.7 Å². The summed E-state index contributed by atoms with van der Waals surface area (Å²) in [7, 11) is 0. The quantitative estimate of drug-likeness (QED) is 0.843. The first-order chi connectivity index (χ1) is 10.2. The van der Waals surface area contributed by atoms with Gasteiger partial charge in [-0.25, -0.2) is 4.79 Å². The summed E-state index contributed by atoms with van der Waals surface area (Å²) in [5.41, 5.74) is 0.993. The smallest absolute Gasteiger partial charge is 0.333 e. The first kappa shape index (κ1) is 15.6. The summed E-state index contributed by atoms with van der Waals surface area (Å²) in [5.74, 6) is -0.920. The van der Waals surface area contributed by atoms with Gasteiger partial charge >= 0.3 is 5.97 Å². The average molecular weight is 302 g/mol. The number of aliphatic carboxylic acids is 1. The number of carboxylic acids is 1. The number of hydrogen-bond donors (Lipinski definition) is 1. The van der Waals surface area contributed by atoms with Crippen molar-refractivity contribution in [1.82, 2.24) is 0 Å². The van der Waals surface area contributed by atoms with Crippen LogP contribution in [0.25, 0.3) is 0 Å². The molecule has 0 aliphatic heterocycles. The van der Waals surface area contributed by atoms with Crippen LogP contribution < -0.4 is 0 Å². The Morgan fingerprint density at radius 3 is 2.48 bits per heavy atom. The van der Waals surface area contributed by atoms with Gasteiger partial charge in [0, 0.05) is 22.8 Å². The predicted molar refractivity (Wildman–Crippen MR) is 83.8 cm³/mol. The Morgan fingerprint density at radius 1 is 1.14 bits per heavy atom. The lowest BCUT2D eigenvalue weighted by Gasteiger charge is -2.15. The van der Waals surface area contributed by atoms with Crippen molar-refractivity contribution >= 4 is 17.7 Å². The van der Waals surface area contributed by atoms with E-state index < -0.39 is 12.1 Å². The van der Waals surface area contributed by atoms with Crippen LogP contribution in [-0.2, 0) is 16.0 Å². The van der Waals surface area contributed by atoms with Gasteiger partial charge in [-0.1, -0.05) is 48.2 Å². The molecule has 1 atom stereocenters. The van der Waals surface area contributed by atoms with Crippen LogP contribution >= 0.6 is 11.8 Å². The first-order valence-corrected chi connectivity index (χ1v) is 7.67. The van der Waals surface area contributed by atoms with Crippen LogP contribution in [0.15, 0.2) is 64.4 Å². The maximum atomic E-state index is 11.2. The lowest BCUT2D eigenvalue weighted by atomic mass is 10.1. The van der Waals surface area contributed by atoms with Gasteiger partial charge in [0.1, 0.15) is 0 Å². The summed E-state index contributed by atoms with van der Waals surface area (Å²) in [6.45, 7) is 2.20. The standard InChI is InChI=1S/C17H18O3S/c1-2-20-15(17(18)19)12-13-8-6-7-11-16(13)21-14-9-4-3-5-10-14/h3-11,15H,2,12H2,1H3,(H,18,19). The van der Waals surface area contributed by atoms with Crippen molar-refractivity contribution in [3.05, 3.63) is 60.2 Å². The van der Waals surface area contributed by atoms with Crippen molar-refractivity contribution in [2.75, 3.05) is 6.61 Å². The molecule has 0 saturated heterocycles. The highest BCUT2D eigenvalue weighted by Crippen LogP contribution is 2.31. The van der Waals surface area contributed by atoms with Crippen LogP contribution in [0, 0.1) is 0 Å². The fraction of sp³-hybridized carbons (Fsp3) is 0.235. The van der Waals surface area contributed by atoms with Gasteiger partial charge in [0.05, 0.1) is 0 Å². The summed E-state index contributed by atoms with van der Waals surface area (Å²) in [6.07, 6.45) is -0.424. The van der Waals surface area contributed by atoms with E-state index in [2.05, 4.69) is 0 Å². The second-order valence-electron chi connectivity index (χ2n) is 4.51. The topological polar surface area (TPSA) is 46.5 Å². The molecule has 0 aromatic heterocycles. The zero-order valence-electron chi connectivity index (χ0n) is 11.9. The molecule has 4 heteroatoms. The molecule has 0 amide bonds. The molecule has 0 saturated carbocycles. The third kappa shape index (κ3) is 4.62. The molecule has 0 aliphatic rings. The van der Waals surface area contributed by atoms with E-state index >= 15 is 0 Å². The molecule has 2 rings (SSSR count). The van der Waals surface area contributed by atoms with Crippen LogP contribution in [-0.4, -0.2) is 23.8 Å². The Bertz CT molecular complexity index is 584. The highest BCUT2D eigenvalue weighted by Gasteiger charge is 2.19. The molecule has 110 valence electrons. The fourth-order valence-corrected chi connectivity index (χ4v) is 2.98. The molecule has 2 aromatic rings. The van der Waals surface area contributed by atoms with E-state index in [0.717, 1.165) is 15.4 Å². The number of benzene rings is 2. The number of hydrogen-bond acceptors (Lipinski definition) is 3. The lowest BCUT2D eigenvalue weighted by molar-refractivity contribution is -0.150. The van der Waals surface area contributed by atoms with E-state index in [1.165, 1.54) is 0 Å². The van der Waals surface area contributed by atoms with Gasteiger partial charge in [-0.3, -0.25) is 0 Å². The SMILES string of the molecule is CCOC(Cc1ccccc1Sc1ccccc1)C(=O)O. The minimum atomic E-state index is -0.920. The van der Waals surface area contributed by atoms with Gasteiger partial charge in [-0.15, -0.1) is 0 Å². The Labute approximate surface area is 129 Å². The van der Waals surface area contributed by atoms with E-state index in [1.807, 2.05) is 54.6 Å². The largest absolute Gasteiger partial charge is 0.479 e. The second kappa shape index (κ2) is 7.86. The zero-order valence-corrected chi connectivity index (χ0v) is 12.7. The zero-order chi connectivity index (χ0) is 15.1. The van der Waals surface area contributed by atoms with E-state index in [9.17, 15) is 9.90 Å². The minimum Gasteiger partial charge on any atom is -0.479 e. The van der Waals surface area contributed by atoms with Crippen LogP contribution in [0.5, 0.6) is 0 Å². The van der Waals surface area contributed by atoms with E-state index in [0.29, 0.717) is 13.0 Å². The Balaban J connectivity index is 2.18. The average Bonchev–Trinajstić information content (AvgIpc) is 2.49. The van der Waals surface area contributed by atoms with Gasteiger partial charge in [-0.2, -0.15) is 0 Å². The van der Waals surface area contributed by atoms with Gasteiger partial charge < -0.3 is 9.84 Å². The molecule has 3 nitrogen and oxygen atoms in total. The van der Waals surface area contributed by atoms with E-state index in [-0.39, 0.29) is 0 Å². The lowest BCUT2D eigenvalue weighted by Crippen LogP contribution is -2.26.